The second-order valence-corrected chi connectivity index (χ2v) is 9.40. The molecule has 164 valence electrons. The Morgan fingerprint density at radius 2 is 1.88 bits per heavy atom. The van der Waals surface area contributed by atoms with Crippen LogP contribution < -0.4 is 5.32 Å². The molecule has 0 radical (unpaired) electrons. The minimum absolute atomic E-state index is 0.149. The lowest BCUT2D eigenvalue weighted by Gasteiger charge is -2.25. The number of hydrogen-bond donors (Lipinski definition) is 1. The number of nitrogens with one attached hydrogen (secondary N) is 1. The highest BCUT2D eigenvalue weighted by atomic mass is 35.5. The fraction of sp³-hybridized carbons (Fsp3) is 0.304. The maximum absolute atomic E-state index is 12.5. The molecule has 1 fully saturated rings. The highest BCUT2D eigenvalue weighted by Crippen LogP contribution is 2.38. The molecule has 0 saturated heterocycles. The van der Waals surface area contributed by atoms with Gasteiger partial charge in [-0.3, -0.25) is 9.36 Å². The quantitative estimate of drug-likeness (QED) is 0.410. The van der Waals surface area contributed by atoms with E-state index in [2.05, 4.69) is 26.2 Å². The van der Waals surface area contributed by atoms with Gasteiger partial charge in [-0.25, -0.2) is 0 Å². The highest BCUT2D eigenvalue weighted by Gasteiger charge is 2.25. The van der Waals surface area contributed by atoms with Gasteiger partial charge in [0.2, 0.25) is 5.91 Å². The Kier molecular flexibility index (Phi) is 7.36. The summed E-state index contributed by atoms with van der Waals surface area (Å²) in [5, 5.41) is 22.4. The molecule has 1 saturated carbocycles. The van der Waals surface area contributed by atoms with Gasteiger partial charge in [0, 0.05) is 22.3 Å². The Morgan fingerprint density at radius 3 is 2.56 bits per heavy atom. The number of aromatic nitrogens is 3. The number of nitriles is 1. The van der Waals surface area contributed by atoms with Crippen molar-refractivity contribution < 1.29 is 4.79 Å². The topological polar surface area (TPSA) is 83.6 Å². The third kappa shape index (κ3) is 5.26. The summed E-state index contributed by atoms with van der Waals surface area (Å²) < 4.78 is 2.13. The van der Waals surface area contributed by atoms with Crippen LogP contribution >= 0.6 is 35.0 Å². The molecule has 0 atom stereocenters. The van der Waals surface area contributed by atoms with E-state index in [4.69, 9.17) is 28.5 Å². The number of thioether (sulfide) groups is 1. The third-order valence-electron chi connectivity index (χ3n) is 5.41. The first-order chi connectivity index (χ1) is 15.5. The van der Waals surface area contributed by atoms with Crippen molar-refractivity contribution in [2.75, 3.05) is 11.1 Å². The van der Waals surface area contributed by atoms with Crippen molar-refractivity contribution in [1.82, 2.24) is 14.8 Å². The summed E-state index contributed by atoms with van der Waals surface area (Å²) >= 11 is 13.9. The van der Waals surface area contributed by atoms with Crippen LogP contribution in [0.15, 0.2) is 47.6 Å². The van der Waals surface area contributed by atoms with Gasteiger partial charge in [-0.2, -0.15) is 5.26 Å². The lowest BCUT2D eigenvalue weighted by Crippen LogP contribution is -2.17. The van der Waals surface area contributed by atoms with Crippen molar-refractivity contribution in [2.45, 2.75) is 43.3 Å². The molecule has 0 aliphatic heterocycles. The van der Waals surface area contributed by atoms with E-state index in [9.17, 15) is 4.79 Å². The molecule has 0 bridgehead atoms. The first kappa shape index (κ1) is 22.7. The predicted octanol–water partition coefficient (Wildman–Crippen LogP) is 6.36. The van der Waals surface area contributed by atoms with E-state index >= 15 is 0 Å². The van der Waals surface area contributed by atoms with Crippen LogP contribution in [-0.2, 0) is 4.79 Å². The summed E-state index contributed by atoms with van der Waals surface area (Å²) in [5.41, 5.74) is 1.98. The van der Waals surface area contributed by atoms with Crippen LogP contribution in [0.25, 0.3) is 11.4 Å². The number of halogens is 2. The Hall–Kier alpha value is -2.53. The molecule has 32 heavy (non-hydrogen) atoms. The molecule has 0 unspecified atom stereocenters. The monoisotopic (exact) mass is 485 g/mol. The van der Waals surface area contributed by atoms with E-state index in [1.165, 1.54) is 18.2 Å². The smallest absolute Gasteiger partial charge is 0.234 e. The van der Waals surface area contributed by atoms with E-state index in [1.54, 1.807) is 36.4 Å². The number of nitrogens with zero attached hydrogens (tertiary/aromatic N) is 4. The van der Waals surface area contributed by atoms with Gasteiger partial charge in [-0.05, 0) is 55.3 Å². The summed E-state index contributed by atoms with van der Waals surface area (Å²) in [6, 6.07) is 14.5. The molecule has 2 aromatic carbocycles. The van der Waals surface area contributed by atoms with Crippen LogP contribution in [0, 0.1) is 11.3 Å². The number of amides is 1. The molecule has 1 aromatic heterocycles. The number of anilines is 1. The minimum Gasteiger partial charge on any atom is -0.325 e. The first-order valence-corrected chi connectivity index (χ1v) is 12.1. The van der Waals surface area contributed by atoms with Crippen LogP contribution in [0.3, 0.4) is 0 Å². The van der Waals surface area contributed by atoms with E-state index in [0.717, 1.165) is 31.2 Å². The molecule has 1 aliphatic carbocycles. The lowest BCUT2D eigenvalue weighted by atomic mass is 9.95. The minimum atomic E-state index is -0.149. The number of benzene rings is 2. The summed E-state index contributed by atoms with van der Waals surface area (Å²) in [4.78, 5) is 12.5. The van der Waals surface area contributed by atoms with Gasteiger partial charge < -0.3 is 5.32 Å². The number of carbonyl (C=O) groups is 1. The van der Waals surface area contributed by atoms with E-state index in [0.29, 0.717) is 32.3 Å². The van der Waals surface area contributed by atoms with Gasteiger partial charge >= 0.3 is 0 Å². The number of rotatable bonds is 6. The van der Waals surface area contributed by atoms with Crippen LogP contribution in [0.5, 0.6) is 0 Å². The van der Waals surface area contributed by atoms with Gasteiger partial charge in [0.15, 0.2) is 11.0 Å². The first-order valence-electron chi connectivity index (χ1n) is 10.4. The summed E-state index contributed by atoms with van der Waals surface area (Å²) in [7, 11) is 0. The molecule has 0 spiro atoms. The van der Waals surface area contributed by atoms with Crippen molar-refractivity contribution in [3.05, 3.63) is 58.1 Å². The molecule has 1 amide bonds. The summed E-state index contributed by atoms with van der Waals surface area (Å²) in [6.07, 6.45) is 5.62. The third-order valence-corrected chi connectivity index (χ3v) is 6.90. The Labute approximate surface area is 200 Å². The molecule has 4 rings (SSSR count). The molecule has 1 N–H and O–H groups in total. The van der Waals surface area contributed by atoms with Crippen molar-refractivity contribution in [1.29, 1.82) is 5.26 Å². The van der Waals surface area contributed by atoms with Crippen molar-refractivity contribution in [3.8, 4) is 17.5 Å². The van der Waals surface area contributed by atoms with Gasteiger partial charge in [0.05, 0.1) is 22.4 Å². The van der Waals surface area contributed by atoms with Crippen LogP contribution in [0.1, 0.15) is 43.7 Å². The largest absolute Gasteiger partial charge is 0.325 e. The van der Waals surface area contributed by atoms with Gasteiger partial charge in [0.1, 0.15) is 0 Å². The second kappa shape index (κ2) is 10.4. The SMILES string of the molecule is N#Cc1ccc(NC(=O)CSc2nnc(-c3ccc(Cl)cc3Cl)n2C2CCCCC2)cc1. The maximum Gasteiger partial charge on any atom is 0.234 e. The van der Waals surface area contributed by atoms with E-state index in [-0.39, 0.29) is 17.7 Å². The molecule has 3 aromatic rings. The standard InChI is InChI=1S/C23H21Cl2N5OS/c24-16-8-11-19(20(25)12-16)22-28-29-23(30(22)18-4-2-1-3-5-18)32-14-21(31)27-17-9-6-15(13-26)7-10-17/h6-12,18H,1-5,14H2,(H,27,31). The molecular weight excluding hydrogens is 465 g/mol. The average Bonchev–Trinajstić information content (AvgIpc) is 3.22. The lowest BCUT2D eigenvalue weighted by molar-refractivity contribution is -0.113. The molecule has 9 heteroatoms. The van der Waals surface area contributed by atoms with E-state index < -0.39 is 0 Å². The zero-order chi connectivity index (χ0) is 22.5. The van der Waals surface area contributed by atoms with Crippen LogP contribution in [0.2, 0.25) is 10.0 Å². The molecular formula is C23H21Cl2N5OS. The zero-order valence-corrected chi connectivity index (χ0v) is 19.6. The van der Waals surface area contributed by atoms with Gasteiger partial charge in [-0.1, -0.05) is 54.2 Å². The fourth-order valence-electron chi connectivity index (χ4n) is 3.85. The van der Waals surface area contributed by atoms with E-state index in [1.807, 2.05) is 6.07 Å². The van der Waals surface area contributed by atoms with Crippen molar-refractivity contribution in [3.63, 3.8) is 0 Å². The van der Waals surface area contributed by atoms with Crippen LogP contribution in [0.4, 0.5) is 5.69 Å². The zero-order valence-electron chi connectivity index (χ0n) is 17.2. The van der Waals surface area contributed by atoms with Gasteiger partial charge in [-0.15, -0.1) is 10.2 Å². The van der Waals surface area contributed by atoms with Crippen LogP contribution in [-0.4, -0.2) is 26.4 Å². The maximum atomic E-state index is 12.5. The molecule has 1 heterocycles. The number of hydrogen-bond acceptors (Lipinski definition) is 5. The Bertz CT molecular complexity index is 1150. The van der Waals surface area contributed by atoms with Crippen molar-refractivity contribution >= 4 is 46.6 Å². The van der Waals surface area contributed by atoms with Gasteiger partial charge in [0.25, 0.3) is 0 Å². The normalized spacial score (nSPS) is 14.2. The second-order valence-electron chi connectivity index (χ2n) is 7.62. The Morgan fingerprint density at radius 1 is 1.12 bits per heavy atom. The molecule has 6 nitrogen and oxygen atoms in total. The number of carbonyl (C=O) groups excluding carboxylic acids is 1. The Balaban J connectivity index is 1.54. The fourth-order valence-corrected chi connectivity index (χ4v) is 5.15. The molecule has 1 aliphatic rings. The summed E-state index contributed by atoms with van der Waals surface area (Å²) in [5.74, 6) is 0.747. The average molecular weight is 486 g/mol. The highest BCUT2D eigenvalue weighted by molar-refractivity contribution is 7.99. The summed E-state index contributed by atoms with van der Waals surface area (Å²) in [6.45, 7) is 0. The predicted molar refractivity (Wildman–Crippen MR) is 128 cm³/mol. The van der Waals surface area contributed by atoms with Crippen molar-refractivity contribution in [2.24, 2.45) is 0 Å².